The largest absolute Gasteiger partial charge is 0.383 e. The van der Waals surface area contributed by atoms with Crippen LogP contribution in [0.15, 0.2) is 42.6 Å². The number of pyridine rings is 1. The molecule has 0 unspecified atom stereocenters. The quantitative estimate of drug-likeness (QED) is 0.515. The Kier molecular flexibility index (Phi) is 5.71. The third-order valence-electron chi connectivity index (χ3n) is 5.10. The maximum absolute atomic E-state index is 13.2. The maximum Gasteiger partial charge on any atom is 0.268 e. The number of aromatic amines is 1. The molecule has 1 aromatic carbocycles. The Bertz CT molecular complexity index is 1160. The number of aliphatic hydroxyl groups is 1. The van der Waals surface area contributed by atoms with Gasteiger partial charge in [-0.05, 0) is 29.8 Å². The number of nitrogens with zero attached hydrogens (tertiary/aromatic N) is 2. The first kappa shape index (κ1) is 21.0. The minimum absolute atomic E-state index is 0.0826. The maximum atomic E-state index is 13.2. The molecule has 2 aromatic heterocycles. The van der Waals surface area contributed by atoms with Gasteiger partial charge in [0, 0.05) is 11.8 Å². The van der Waals surface area contributed by atoms with E-state index in [1.54, 1.807) is 12.1 Å². The first-order valence-electron chi connectivity index (χ1n) is 9.49. The molecule has 160 valence electrons. The van der Waals surface area contributed by atoms with Gasteiger partial charge in [0.1, 0.15) is 28.8 Å². The number of hydrogen-bond donors (Lipinski definition) is 3. The molecule has 0 aliphatic carbocycles. The van der Waals surface area contributed by atoms with Crippen LogP contribution in [-0.4, -0.2) is 62.8 Å². The number of benzene rings is 1. The molecule has 2 amide bonds. The van der Waals surface area contributed by atoms with Crippen molar-refractivity contribution in [3.8, 4) is 0 Å². The number of amides is 2. The van der Waals surface area contributed by atoms with E-state index in [2.05, 4.69) is 15.3 Å². The molecule has 8 nitrogen and oxygen atoms in total. The number of nitrogens with one attached hydrogen (secondary N) is 2. The van der Waals surface area contributed by atoms with E-state index in [0.717, 1.165) is 0 Å². The van der Waals surface area contributed by atoms with Crippen LogP contribution in [0.25, 0.3) is 10.9 Å². The minimum atomic E-state index is -1.24. The van der Waals surface area contributed by atoms with Gasteiger partial charge in [0.15, 0.2) is 5.78 Å². The molecule has 1 fully saturated rings. The van der Waals surface area contributed by atoms with Crippen LogP contribution in [0.2, 0.25) is 5.15 Å². The van der Waals surface area contributed by atoms with Crippen LogP contribution in [-0.2, 0) is 16.0 Å². The Morgan fingerprint density at radius 2 is 2.06 bits per heavy atom. The number of Topliss-reactive ketones (excluding diaryl/α,β-unsaturated/α-hetero) is 1. The van der Waals surface area contributed by atoms with Gasteiger partial charge in [0.2, 0.25) is 5.91 Å². The number of β-amino-alcohol motifs (C(OH)–C–C–N with tert-alkyl or cyclic N) is 1. The molecule has 1 aliphatic heterocycles. The highest BCUT2D eigenvalue weighted by Gasteiger charge is 2.36. The number of fused-ring (bicyclic) bond motifs is 1. The summed E-state index contributed by atoms with van der Waals surface area (Å²) in [5.41, 5.74) is 1.43. The zero-order valence-corrected chi connectivity index (χ0v) is 16.9. The summed E-state index contributed by atoms with van der Waals surface area (Å²) in [6.45, 7) is -0.365. The van der Waals surface area contributed by atoms with Gasteiger partial charge >= 0.3 is 0 Å². The smallest absolute Gasteiger partial charge is 0.268 e. The fourth-order valence-electron chi connectivity index (χ4n) is 3.48. The topological polar surface area (TPSA) is 115 Å². The van der Waals surface area contributed by atoms with Crippen LogP contribution in [0, 0.1) is 5.82 Å². The molecule has 0 spiro atoms. The number of halogens is 2. The van der Waals surface area contributed by atoms with Gasteiger partial charge < -0.3 is 20.3 Å². The van der Waals surface area contributed by atoms with Gasteiger partial charge in [-0.3, -0.25) is 14.4 Å². The molecule has 1 saturated heterocycles. The van der Waals surface area contributed by atoms with Gasteiger partial charge in [0.25, 0.3) is 5.91 Å². The summed E-state index contributed by atoms with van der Waals surface area (Å²) in [5.74, 6) is -1.93. The van der Waals surface area contributed by atoms with Crippen molar-refractivity contribution in [2.24, 2.45) is 0 Å². The summed E-state index contributed by atoms with van der Waals surface area (Å²) in [6, 6.07) is 7.71. The second-order valence-corrected chi connectivity index (χ2v) is 7.72. The van der Waals surface area contributed by atoms with Crippen molar-refractivity contribution in [1.29, 1.82) is 0 Å². The summed E-state index contributed by atoms with van der Waals surface area (Å²) in [5, 5.41) is 13.3. The summed E-state index contributed by atoms with van der Waals surface area (Å²) in [7, 11) is 0. The molecule has 0 saturated carbocycles. The number of carbonyl (C=O) groups excluding carboxylic acids is 3. The second-order valence-electron chi connectivity index (χ2n) is 7.33. The number of carbonyl (C=O) groups is 3. The highest BCUT2D eigenvalue weighted by molar-refractivity contribution is 6.30. The van der Waals surface area contributed by atoms with Gasteiger partial charge in [0.05, 0.1) is 24.8 Å². The van der Waals surface area contributed by atoms with Crippen molar-refractivity contribution in [3.63, 3.8) is 0 Å². The van der Waals surface area contributed by atoms with E-state index in [-0.39, 0.29) is 30.4 Å². The molecule has 2 atom stereocenters. The molecule has 1 aliphatic rings. The zero-order valence-electron chi connectivity index (χ0n) is 16.1. The Morgan fingerprint density at radius 3 is 2.74 bits per heavy atom. The lowest BCUT2D eigenvalue weighted by molar-refractivity contribution is -0.133. The molecular weight excluding hydrogens is 427 g/mol. The lowest BCUT2D eigenvalue weighted by Crippen LogP contribution is -2.49. The van der Waals surface area contributed by atoms with Crippen LogP contribution in [0.1, 0.15) is 16.1 Å². The second kappa shape index (κ2) is 8.44. The molecule has 0 radical (unpaired) electrons. The van der Waals surface area contributed by atoms with E-state index < -0.39 is 35.6 Å². The number of rotatable bonds is 5. The monoisotopic (exact) mass is 444 g/mol. The van der Waals surface area contributed by atoms with Crippen LogP contribution in [0.3, 0.4) is 0 Å². The highest BCUT2D eigenvalue weighted by atomic mass is 35.5. The summed E-state index contributed by atoms with van der Waals surface area (Å²) < 4.78 is 13.2. The number of hydrogen-bond acceptors (Lipinski definition) is 5. The Morgan fingerprint density at radius 1 is 1.32 bits per heavy atom. The molecule has 0 bridgehead atoms. The Hall–Kier alpha value is -3.30. The molecule has 4 rings (SSSR count). The fraction of sp³-hybridized carbons (Fsp3) is 0.238. The molecule has 3 heterocycles. The van der Waals surface area contributed by atoms with Gasteiger partial charge in [-0.2, -0.15) is 0 Å². The number of ketones is 1. The number of H-pyrrole nitrogens is 1. The van der Waals surface area contributed by atoms with Crippen LogP contribution in [0.4, 0.5) is 4.39 Å². The predicted molar refractivity (Wildman–Crippen MR) is 110 cm³/mol. The normalized spacial score (nSPS) is 17.2. The summed E-state index contributed by atoms with van der Waals surface area (Å²) in [6.07, 6.45) is 0.337. The minimum Gasteiger partial charge on any atom is -0.383 e. The third-order valence-corrected chi connectivity index (χ3v) is 5.30. The van der Waals surface area contributed by atoms with Gasteiger partial charge in [-0.1, -0.05) is 23.7 Å². The Balaban J connectivity index is 1.57. The van der Waals surface area contributed by atoms with Crippen LogP contribution in [0.5, 0.6) is 0 Å². The van der Waals surface area contributed by atoms with Gasteiger partial charge in [-0.25, -0.2) is 9.37 Å². The van der Waals surface area contributed by atoms with Crippen molar-refractivity contribution in [2.45, 2.75) is 18.6 Å². The van der Waals surface area contributed by atoms with Crippen LogP contribution >= 0.6 is 11.6 Å². The first-order valence-corrected chi connectivity index (χ1v) is 9.87. The molecule has 31 heavy (non-hydrogen) atoms. The van der Waals surface area contributed by atoms with E-state index in [4.69, 9.17) is 11.6 Å². The highest BCUT2D eigenvalue weighted by Crippen LogP contribution is 2.18. The average Bonchev–Trinajstić information content (AvgIpc) is 3.31. The average molecular weight is 445 g/mol. The number of aromatic nitrogens is 2. The van der Waals surface area contributed by atoms with Crippen molar-refractivity contribution in [1.82, 2.24) is 20.2 Å². The molecule has 10 heteroatoms. The standard InChI is InChI=1S/C21H18ClFN4O4/c22-19-7-12-6-14(25-16(12)8-24-19)20(30)26-15(5-11-1-3-13(23)4-2-11)21(31)27-9-17(28)18(29)10-27/h1-4,6-8,15,17,25,28H,5,9-10H2,(H,26,30)/t15-,17+/m0/s1. The van der Waals surface area contributed by atoms with Gasteiger partial charge in [-0.15, -0.1) is 0 Å². The Labute approximate surface area is 181 Å². The third kappa shape index (κ3) is 4.57. The van der Waals surface area contributed by atoms with E-state index in [1.807, 2.05) is 0 Å². The van der Waals surface area contributed by atoms with Crippen molar-refractivity contribution >= 4 is 40.1 Å². The van der Waals surface area contributed by atoms with E-state index in [1.165, 1.54) is 35.4 Å². The van der Waals surface area contributed by atoms with Crippen molar-refractivity contribution in [2.75, 3.05) is 13.1 Å². The lowest BCUT2D eigenvalue weighted by Gasteiger charge is -2.23. The van der Waals surface area contributed by atoms with E-state index >= 15 is 0 Å². The van der Waals surface area contributed by atoms with Crippen molar-refractivity contribution < 1.29 is 23.9 Å². The number of aliphatic hydroxyl groups excluding tert-OH is 1. The fourth-order valence-corrected chi connectivity index (χ4v) is 3.64. The summed E-state index contributed by atoms with van der Waals surface area (Å²) >= 11 is 5.88. The predicted octanol–water partition coefficient (Wildman–Crippen LogP) is 1.47. The van der Waals surface area contributed by atoms with Crippen molar-refractivity contribution in [3.05, 3.63) is 64.8 Å². The number of likely N-dealkylation sites (tertiary alicyclic amines) is 1. The lowest BCUT2D eigenvalue weighted by atomic mass is 10.0. The summed E-state index contributed by atoms with van der Waals surface area (Å²) in [4.78, 5) is 45.6. The molecular formula is C21H18ClFN4O4. The SMILES string of the molecule is O=C(N[C@@H](Cc1ccc(F)cc1)C(=O)N1CC(=O)[C@H](O)C1)c1cc2cc(Cl)ncc2[nH]1. The zero-order chi connectivity index (χ0) is 22.1. The van der Waals surface area contributed by atoms with E-state index in [9.17, 15) is 23.9 Å². The molecule has 3 N–H and O–H groups in total. The van der Waals surface area contributed by atoms with Crippen LogP contribution < -0.4 is 5.32 Å². The first-order chi connectivity index (χ1) is 14.8. The molecule has 3 aromatic rings. The van der Waals surface area contributed by atoms with E-state index in [0.29, 0.717) is 16.5 Å².